The van der Waals surface area contributed by atoms with Gasteiger partial charge in [0.05, 0.1) is 6.61 Å². The Balaban J connectivity index is 3.11. The second-order valence-electron chi connectivity index (χ2n) is 3.73. The number of carbonyl (C=O) groups is 1. The lowest BCUT2D eigenvalue weighted by molar-refractivity contribution is -0.143. The molecule has 3 nitrogen and oxygen atoms in total. The first-order valence-corrected chi connectivity index (χ1v) is 5.95. The smallest absolute Gasteiger partial charge is 0.305 e. The van der Waals surface area contributed by atoms with Crippen molar-refractivity contribution in [3.05, 3.63) is 0 Å². The van der Waals surface area contributed by atoms with Crippen LogP contribution in [0.3, 0.4) is 0 Å². The van der Waals surface area contributed by atoms with Crippen molar-refractivity contribution in [1.82, 2.24) is 0 Å². The van der Waals surface area contributed by atoms with Crippen LogP contribution in [0.2, 0.25) is 0 Å². The second-order valence-corrected chi connectivity index (χ2v) is 3.73. The zero-order chi connectivity index (χ0) is 11.4. The highest BCUT2D eigenvalue weighted by Gasteiger charge is 2.01. The van der Waals surface area contributed by atoms with Gasteiger partial charge in [0.15, 0.2) is 0 Å². The molecule has 0 aromatic heterocycles. The Labute approximate surface area is 93.1 Å². The van der Waals surface area contributed by atoms with Gasteiger partial charge in [-0.25, -0.2) is 0 Å². The van der Waals surface area contributed by atoms with Crippen LogP contribution in [0.15, 0.2) is 0 Å². The molecule has 0 aliphatic rings. The number of methoxy groups -OCH3 is 1. The minimum atomic E-state index is -0.0523. The molecule has 0 heterocycles. The van der Waals surface area contributed by atoms with Gasteiger partial charge in [0.1, 0.15) is 0 Å². The molecule has 0 saturated heterocycles. The summed E-state index contributed by atoms with van der Waals surface area (Å²) in [5.74, 6) is -0.0523. The van der Waals surface area contributed by atoms with Gasteiger partial charge >= 0.3 is 5.97 Å². The molecular formula is C12H24O3. The van der Waals surface area contributed by atoms with Crippen LogP contribution in [-0.2, 0) is 14.3 Å². The van der Waals surface area contributed by atoms with Crippen molar-refractivity contribution < 1.29 is 14.3 Å². The summed E-state index contributed by atoms with van der Waals surface area (Å²) >= 11 is 0. The average molecular weight is 216 g/mol. The van der Waals surface area contributed by atoms with Crippen LogP contribution in [0.1, 0.15) is 51.9 Å². The Morgan fingerprint density at radius 2 is 1.73 bits per heavy atom. The molecule has 0 atom stereocenters. The number of carbonyl (C=O) groups excluding carboxylic acids is 1. The van der Waals surface area contributed by atoms with Crippen molar-refractivity contribution in [3.8, 4) is 0 Å². The van der Waals surface area contributed by atoms with Crippen molar-refractivity contribution in [2.24, 2.45) is 0 Å². The lowest BCUT2D eigenvalue weighted by Crippen LogP contribution is -2.05. The number of rotatable bonds is 10. The van der Waals surface area contributed by atoms with Gasteiger partial charge in [-0.05, 0) is 19.3 Å². The second kappa shape index (κ2) is 11.5. The van der Waals surface area contributed by atoms with Gasteiger partial charge < -0.3 is 9.47 Å². The third-order valence-corrected chi connectivity index (χ3v) is 2.24. The van der Waals surface area contributed by atoms with E-state index in [0.717, 1.165) is 45.1 Å². The highest BCUT2D eigenvalue weighted by Crippen LogP contribution is 2.02. The van der Waals surface area contributed by atoms with E-state index in [9.17, 15) is 4.79 Å². The topological polar surface area (TPSA) is 35.5 Å². The highest BCUT2D eigenvalue weighted by molar-refractivity contribution is 5.69. The van der Waals surface area contributed by atoms with E-state index >= 15 is 0 Å². The van der Waals surface area contributed by atoms with E-state index in [1.54, 1.807) is 7.11 Å². The van der Waals surface area contributed by atoms with Gasteiger partial charge in [0.2, 0.25) is 0 Å². The highest BCUT2D eigenvalue weighted by atomic mass is 16.5. The molecule has 3 heteroatoms. The van der Waals surface area contributed by atoms with E-state index in [1.165, 1.54) is 0 Å². The Hall–Kier alpha value is -0.570. The summed E-state index contributed by atoms with van der Waals surface area (Å²) in [4.78, 5) is 11.2. The molecule has 0 aliphatic carbocycles. The molecule has 0 bridgehead atoms. The molecule has 0 saturated carbocycles. The molecule has 0 spiro atoms. The third kappa shape index (κ3) is 11.4. The average Bonchev–Trinajstić information content (AvgIpc) is 2.24. The molecule has 15 heavy (non-hydrogen) atoms. The van der Waals surface area contributed by atoms with Crippen LogP contribution in [0.4, 0.5) is 0 Å². The van der Waals surface area contributed by atoms with E-state index < -0.39 is 0 Å². The molecule has 0 rings (SSSR count). The van der Waals surface area contributed by atoms with Crippen molar-refractivity contribution in [1.29, 1.82) is 0 Å². The standard InChI is InChI=1S/C12H24O3/c1-3-4-7-11-15-12(13)9-6-5-8-10-14-2/h3-11H2,1-2H3. The van der Waals surface area contributed by atoms with Crippen molar-refractivity contribution in [2.75, 3.05) is 20.3 Å². The van der Waals surface area contributed by atoms with Crippen LogP contribution in [0.5, 0.6) is 0 Å². The van der Waals surface area contributed by atoms with E-state index in [-0.39, 0.29) is 5.97 Å². The van der Waals surface area contributed by atoms with Crippen LogP contribution in [0, 0.1) is 0 Å². The van der Waals surface area contributed by atoms with E-state index in [4.69, 9.17) is 9.47 Å². The van der Waals surface area contributed by atoms with Crippen LogP contribution in [-0.4, -0.2) is 26.3 Å². The van der Waals surface area contributed by atoms with Crippen molar-refractivity contribution in [2.45, 2.75) is 51.9 Å². The van der Waals surface area contributed by atoms with Crippen molar-refractivity contribution in [3.63, 3.8) is 0 Å². The van der Waals surface area contributed by atoms with Crippen LogP contribution in [0.25, 0.3) is 0 Å². The number of unbranched alkanes of at least 4 members (excludes halogenated alkanes) is 4. The van der Waals surface area contributed by atoms with Gasteiger partial charge in [-0.3, -0.25) is 4.79 Å². The predicted molar refractivity (Wildman–Crippen MR) is 60.8 cm³/mol. The Bertz CT molecular complexity index is 146. The Morgan fingerprint density at radius 3 is 2.40 bits per heavy atom. The molecule has 0 N–H and O–H groups in total. The molecule has 0 aromatic carbocycles. The van der Waals surface area contributed by atoms with Gasteiger partial charge in [0, 0.05) is 20.1 Å². The monoisotopic (exact) mass is 216 g/mol. The SMILES string of the molecule is CCCCCOC(=O)CCCCCOC. The fourth-order valence-electron chi connectivity index (χ4n) is 1.30. The molecule has 0 amide bonds. The summed E-state index contributed by atoms with van der Waals surface area (Å²) in [5, 5.41) is 0. The fraction of sp³-hybridized carbons (Fsp3) is 0.917. The lowest BCUT2D eigenvalue weighted by Gasteiger charge is -2.04. The maximum absolute atomic E-state index is 11.2. The minimum Gasteiger partial charge on any atom is -0.466 e. The number of ether oxygens (including phenoxy) is 2. The Kier molecular flexibility index (Phi) is 11.1. The molecule has 0 aliphatic heterocycles. The zero-order valence-corrected chi connectivity index (χ0v) is 10.1. The summed E-state index contributed by atoms with van der Waals surface area (Å²) in [6, 6.07) is 0. The summed E-state index contributed by atoms with van der Waals surface area (Å²) in [5.41, 5.74) is 0. The summed E-state index contributed by atoms with van der Waals surface area (Å²) in [7, 11) is 1.70. The Morgan fingerprint density at radius 1 is 1.00 bits per heavy atom. The van der Waals surface area contributed by atoms with Gasteiger partial charge in [-0.2, -0.15) is 0 Å². The molecule has 90 valence electrons. The lowest BCUT2D eigenvalue weighted by atomic mass is 10.2. The fourth-order valence-corrected chi connectivity index (χ4v) is 1.30. The summed E-state index contributed by atoms with van der Waals surface area (Å²) in [6.45, 7) is 3.51. The largest absolute Gasteiger partial charge is 0.466 e. The molecule has 0 fully saturated rings. The maximum Gasteiger partial charge on any atom is 0.305 e. The van der Waals surface area contributed by atoms with Gasteiger partial charge in [-0.1, -0.05) is 26.2 Å². The first kappa shape index (κ1) is 14.4. The maximum atomic E-state index is 11.2. The van der Waals surface area contributed by atoms with E-state index in [0.29, 0.717) is 13.0 Å². The van der Waals surface area contributed by atoms with Crippen molar-refractivity contribution >= 4 is 5.97 Å². The summed E-state index contributed by atoms with van der Waals surface area (Å²) in [6.07, 6.45) is 6.82. The zero-order valence-electron chi connectivity index (χ0n) is 10.1. The van der Waals surface area contributed by atoms with Gasteiger partial charge in [0.25, 0.3) is 0 Å². The molecule has 0 unspecified atom stereocenters. The normalized spacial score (nSPS) is 10.3. The van der Waals surface area contributed by atoms with E-state index in [2.05, 4.69) is 6.92 Å². The quantitative estimate of drug-likeness (QED) is 0.416. The number of hydrogen-bond donors (Lipinski definition) is 0. The number of hydrogen-bond acceptors (Lipinski definition) is 3. The third-order valence-electron chi connectivity index (χ3n) is 2.24. The number of esters is 1. The van der Waals surface area contributed by atoms with E-state index in [1.807, 2.05) is 0 Å². The van der Waals surface area contributed by atoms with Gasteiger partial charge in [-0.15, -0.1) is 0 Å². The minimum absolute atomic E-state index is 0.0523. The molecule has 0 radical (unpaired) electrons. The predicted octanol–water partition coefficient (Wildman–Crippen LogP) is 2.93. The van der Waals surface area contributed by atoms with Crippen LogP contribution < -0.4 is 0 Å². The first-order chi connectivity index (χ1) is 7.31. The summed E-state index contributed by atoms with van der Waals surface area (Å²) < 4.78 is 10.0. The molecule has 0 aromatic rings. The first-order valence-electron chi connectivity index (χ1n) is 5.95. The molecular weight excluding hydrogens is 192 g/mol. The van der Waals surface area contributed by atoms with Crippen LogP contribution >= 0.6 is 0 Å².